The van der Waals surface area contributed by atoms with Crippen molar-refractivity contribution >= 4 is 11.7 Å². The molecule has 6 nitrogen and oxygen atoms in total. The maximum absolute atomic E-state index is 12.5. The summed E-state index contributed by atoms with van der Waals surface area (Å²) in [5.74, 6) is 5.86. The fourth-order valence-electron chi connectivity index (χ4n) is 2.36. The highest BCUT2D eigenvalue weighted by molar-refractivity contribution is 5.95. The fourth-order valence-corrected chi connectivity index (χ4v) is 2.36. The van der Waals surface area contributed by atoms with Crippen LogP contribution in [-0.4, -0.2) is 42.1 Å². The summed E-state index contributed by atoms with van der Waals surface area (Å²) in [7, 11) is 1.69. The summed E-state index contributed by atoms with van der Waals surface area (Å²) in [6.45, 7) is 3.25. The Kier molecular flexibility index (Phi) is 4.34. The maximum atomic E-state index is 12.5. The van der Waals surface area contributed by atoms with E-state index in [0.717, 1.165) is 25.1 Å². The number of hydrazine groups is 1. The van der Waals surface area contributed by atoms with Gasteiger partial charge in [0, 0.05) is 31.5 Å². The van der Waals surface area contributed by atoms with E-state index in [1.165, 1.54) is 0 Å². The monoisotopic (exact) mass is 264 g/mol. The van der Waals surface area contributed by atoms with Gasteiger partial charge in [0.05, 0.1) is 6.10 Å². The number of methoxy groups -OCH3 is 1. The van der Waals surface area contributed by atoms with Crippen LogP contribution in [0, 0.1) is 6.92 Å². The number of nitrogens with zero attached hydrogens (tertiary/aromatic N) is 2. The van der Waals surface area contributed by atoms with Gasteiger partial charge in [0.25, 0.3) is 5.91 Å². The van der Waals surface area contributed by atoms with Gasteiger partial charge in [-0.05, 0) is 31.9 Å². The third-order valence-corrected chi connectivity index (χ3v) is 3.35. The van der Waals surface area contributed by atoms with Gasteiger partial charge in [-0.3, -0.25) is 4.79 Å². The Morgan fingerprint density at radius 1 is 1.58 bits per heavy atom. The number of nitrogens with two attached hydrogens (primary N) is 1. The first-order chi connectivity index (χ1) is 9.13. The molecule has 0 bridgehead atoms. The van der Waals surface area contributed by atoms with Crippen LogP contribution in [0.1, 0.15) is 28.9 Å². The Morgan fingerprint density at radius 2 is 2.37 bits per heavy atom. The first-order valence-electron chi connectivity index (χ1n) is 6.41. The maximum Gasteiger partial charge on any atom is 0.254 e. The molecule has 1 unspecified atom stereocenters. The van der Waals surface area contributed by atoms with E-state index in [1.807, 2.05) is 11.8 Å². The number of ether oxygens (including phenoxy) is 1. The Bertz CT molecular complexity index is 464. The Labute approximate surface area is 112 Å². The highest BCUT2D eigenvalue weighted by atomic mass is 16.5. The number of rotatable bonds is 3. The van der Waals surface area contributed by atoms with E-state index < -0.39 is 0 Å². The van der Waals surface area contributed by atoms with Gasteiger partial charge < -0.3 is 15.1 Å². The van der Waals surface area contributed by atoms with Crippen molar-refractivity contribution in [2.24, 2.45) is 5.84 Å². The molecular weight excluding hydrogens is 244 g/mol. The van der Waals surface area contributed by atoms with Gasteiger partial charge in [0.2, 0.25) is 0 Å². The molecule has 1 aromatic rings. The molecule has 6 heteroatoms. The van der Waals surface area contributed by atoms with Crippen molar-refractivity contribution in [3.63, 3.8) is 0 Å². The second-order valence-electron chi connectivity index (χ2n) is 4.78. The molecule has 3 N–H and O–H groups in total. The van der Waals surface area contributed by atoms with E-state index in [1.54, 1.807) is 19.2 Å². The minimum Gasteiger partial charge on any atom is -0.380 e. The average molecular weight is 264 g/mol. The summed E-state index contributed by atoms with van der Waals surface area (Å²) in [5, 5.41) is 0. The lowest BCUT2D eigenvalue weighted by Gasteiger charge is -2.32. The van der Waals surface area contributed by atoms with Crippen LogP contribution in [0.25, 0.3) is 0 Å². The Morgan fingerprint density at radius 3 is 3.05 bits per heavy atom. The van der Waals surface area contributed by atoms with Crippen LogP contribution in [0.4, 0.5) is 5.82 Å². The number of anilines is 1. The summed E-state index contributed by atoms with van der Waals surface area (Å²) >= 11 is 0. The van der Waals surface area contributed by atoms with E-state index in [-0.39, 0.29) is 12.0 Å². The van der Waals surface area contributed by atoms with Crippen molar-refractivity contribution < 1.29 is 9.53 Å². The van der Waals surface area contributed by atoms with E-state index in [0.29, 0.717) is 17.9 Å². The predicted octanol–water partition coefficient (Wildman–Crippen LogP) is 0.927. The summed E-state index contributed by atoms with van der Waals surface area (Å²) in [5.41, 5.74) is 3.85. The van der Waals surface area contributed by atoms with E-state index in [2.05, 4.69) is 10.4 Å². The Hall–Kier alpha value is -1.66. The zero-order valence-electron chi connectivity index (χ0n) is 11.3. The van der Waals surface area contributed by atoms with E-state index in [4.69, 9.17) is 10.6 Å². The molecule has 1 aliphatic heterocycles. The van der Waals surface area contributed by atoms with E-state index >= 15 is 0 Å². The number of nitrogens with one attached hydrogen (secondary N) is 1. The van der Waals surface area contributed by atoms with Crippen molar-refractivity contribution in [2.75, 3.05) is 25.6 Å². The number of amides is 1. The number of aryl methyl sites for hydroxylation is 1. The zero-order valence-corrected chi connectivity index (χ0v) is 11.3. The highest BCUT2D eigenvalue weighted by Gasteiger charge is 2.24. The largest absolute Gasteiger partial charge is 0.380 e. The number of nitrogen functional groups attached to an aromatic ring is 1. The molecule has 0 aliphatic carbocycles. The number of likely N-dealkylation sites (tertiary alicyclic amines) is 1. The molecular formula is C13H20N4O2. The molecule has 0 spiro atoms. The molecule has 1 amide bonds. The number of hydrogen-bond acceptors (Lipinski definition) is 5. The quantitative estimate of drug-likeness (QED) is 0.627. The van der Waals surface area contributed by atoms with Crippen LogP contribution < -0.4 is 11.3 Å². The number of pyridine rings is 1. The molecule has 1 fully saturated rings. The lowest BCUT2D eigenvalue weighted by Crippen LogP contribution is -2.42. The van der Waals surface area contributed by atoms with Crippen molar-refractivity contribution in [1.29, 1.82) is 0 Å². The molecule has 2 rings (SSSR count). The number of hydrogen-bond donors (Lipinski definition) is 2. The van der Waals surface area contributed by atoms with Gasteiger partial charge in [0.1, 0.15) is 5.82 Å². The molecule has 0 radical (unpaired) electrons. The smallest absolute Gasteiger partial charge is 0.254 e. The second kappa shape index (κ2) is 5.99. The van der Waals surface area contributed by atoms with Crippen LogP contribution in [0.3, 0.4) is 0 Å². The SMILES string of the molecule is COC1CCCN(C(=O)c2cc(C)nc(NN)c2)C1. The standard InChI is InChI=1S/C13H20N4O2/c1-9-6-10(7-12(15-9)16-14)13(18)17-5-3-4-11(8-17)19-2/h6-7,11H,3-5,8,14H2,1-2H3,(H,15,16). The third-order valence-electron chi connectivity index (χ3n) is 3.35. The molecule has 1 aromatic heterocycles. The lowest BCUT2D eigenvalue weighted by molar-refractivity contribution is 0.0269. The summed E-state index contributed by atoms with van der Waals surface area (Å²) in [6, 6.07) is 3.45. The van der Waals surface area contributed by atoms with Crippen molar-refractivity contribution in [1.82, 2.24) is 9.88 Å². The summed E-state index contributed by atoms with van der Waals surface area (Å²) in [4.78, 5) is 18.5. The minimum absolute atomic E-state index is 0.00347. The van der Waals surface area contributed by atoms with Crippen LogP contribution in [0.5, 0.6) is 0 Å². The number of carbonyl (C=O) groups is 1. The molecule has 1 atom stereocenters. The molecule has 0 aromatic carbocycles. The van der Waals surface area contributed by atoms with Crippen molar-refractivity contribution in [2.45, 2.75) is 25.9 Å². The third kappa shape index (κ3) is 3.21. The molecule has 19 heavy (non-hydrogen) atoms. The molecule has 2 heterocycles. The van der Waals surface area contributed by atoms with Gasteiger partial charge in [-0.25, -0.2) is 10.8 Å². The van der Waals surface area contributed by atoms with Crippen LogP contribution in [-0.2, 0) is 4.74 Å². The van der Waals surface area contributed by atoms with Gasteiger partial charge in [-0.1, -0.05) is 0 Å². The normalized spacial score (nSPS) is 19.3. The van der Waals surface area contributed by atoms with Gasteiger partial charge in [-0.2, -0.15) is 0 Å². The van der Waals surface area contributed by atoms with Crippen molar-refractivity contribution in [3.05, 3.63) is 23.4 Å². The number of carbonyl (C=O) groups excluding carboxylic acids is 1. The Balaban J connectivity index is 2.16. The fraction of sp³-hybridized carbons (Fsp3) is 0.538. The van der Waals surface area contributed by atoms with Gasteiger partial charge >= 0.3 is 0 Å². The highest BCUT2D eigenvalue weighted by Crippen LogP contribution is 2.17. The van der Waals surface area contributed by atoms with Crippen LogP contribution in [0.15, 0.2) is 12.1 Å². The van der Waals surface area contributed by atoms with E-state index in [9.17, 15) is 4.79 Å². The number of aromatic nitrogens is 1. The molecule has 1 aliphatic rings. The number of piperidine rings is 1. The topological polar surface area (TPSA) is 80.5 Å². The molecule has 0 saturated carbocycles. The zero-order chi connectivity index (χ0) is 13.8. The predicted molar refractivity (Wildman–Crippen MR) is 72.7 cm³/mol. The minimum atomic E-state index is 0.00347. The molecule has 104 valence electrons. The average Bonchev–Trinajstić information content (AvgIpc) is 2.45. The summed E-state index contributed by atoms with van der Waals surface area (Å²) in [6.07, 6.45) is 2.11. The second-order valence-corrected chi connectivity index (χ2v) is 4.78. The molecule has 1 saturated heterocycles. The van der Waals surface area contributed by atoms with Gasteiger partial charge in [0.15, 0.2) is 0 Å². The summed E-state index contributed by atoms with van der Waals surface area (Å²) < 4.78 is 5.34. The van der Waals surface area contributed by atoms with Gasteiger partial charge in [-0.15, -0.1) is 0 Å². The lowest BCUT2D eigenvalue weighted by atomic mass is 10.1. The van der Waals surface area contributed by atoms with Crippen molar-refractivity contribution in [3.8, 4) is 0 Å². The first-order valence-corrected chi connectivity index (χ1v) is 6.41. The van der Waals surface area contributed by atoms with Crippen LogP contribution in [0.2, 0.25) is 0 Å². The van der Waals surface area contributed by atoms with Crippen LogP contribution >= 0.6 is 0 Å². The first kappa shape index (κ1) is 13.8.